The van der Waals surface area contributed by atoms with Crippen molar-refractivity contribution in [1.29, 1.82) is 0 Å². The van der Waals surface area contributed by atoms with E-state index in [0.717, 1.165) is 37.1 Å². The molecule has 0 spiro atoms. The van der Waals surface area contributed by atoms with Crippen molar-refractivity contribution in [1.82, 2.24) is 4.90 Å². The number of rotatable bonds is 9. The zero-order valence-corrected chi connectivity index (χ0v) is 12.9. The van der Waals surface area contributed by atoms with Crippen molar-refractivity contribution in [3.8, 4) is 5.75 Å². The fourth-order valence-corrected chi connectivity index (χ4v) is 2.62. The van der Waals surface area contributed by atoms with Crippen LogP contribution in [0.1, 0.15) is 37.8 Å². The van der Waals surface area contributed by atoms with Gasteiger partial charge in [0.15, 0.2) is 0 Å². The highest BCUT2D eigenvalue weighted by Gasteiger charge is 2.23. The first-order valence-electron chi connectivity index (χ1n) is 7.31. The molecule has 0 radical (unpaired) electrons. The minimum absolute atomic E-state index is 0.0224. The van der Waals surface area contributed by atoms with Crippen LogP contribution >= 0.6 is 0 Å². The molecule has 0 aliphatic carbocycles. The van der Waals surface area contributed by atoms with E-state index < -0.39 is 0 Å². The van der Waals surface area contributed by atoms with Gasteiger partial charge < -0.3 is 15.6 Å². The molecule has 0 amide bonds. The van der Waals surface area contributed by atoms with Crippen molar-refractivity contribution in [3.05, 3.63) is 29.8 Å². The Kier molecular flexibility index (Phi) is 7.59. The van der Waals surface area contributed by atoms with E-state index in [4.69, 9.17) is 15.6 Å². The average Bonchev–Trinajstić information content (AvgIpc) is 2.44. The molecule has 0 aromatic heterocycles. The van der Waals surface area contributed by atoms with Gasteiger partial charge in [-0.15, -0.1) is 0 Å². The number of unbranched alkanes of at least 4 members (excludes halogenated alkanes) is 2. The second kappa shape index (κ2) is 8.95. The molecule has 0 saturated heterocycles. The van der Waals surface area contributed by atoms with Crippen molar-refractivity contribution in [2.75, 3.05) is 27.3 Å². The lowest BCUT2D eigenvalue weighted by atomic mass is 9.98. The number of nitrogens with zero attached hydrogens (tertiary/aromatic N) is 1. The fraction of sp³-hybridized carbons (Fsp3) is 0.625. The third-order valence-corrected chi connectivity index (χ3v) is 3.60. The summed E-state index contributed by atoms with van der Waals surface area (Å²) in [5, 5.41) is 8.83. The third kappa shape index (κ3) is 4.78. The fourth-order valence-electron chi connectivity index (χ4n) is 2.62. The maximum absolute atomic E-state index is 8.83. The van der Waals surface area contributed by atoms with Gasteiger partial charge in [-0.2, -0.15) is 0 Å². The number of hydrogen-bond donors (Lipinski definition) is 2. The number of likely N-dealkylation sites (N-methyl/N-ethyl adjacent to an activating group) is 1. The van der Waals surface area contributed by atoms with Crippen LogP contribution in [0.5, 0.6) is 5.75 Å². The van der Waals surface area contributed by atoms with Gasteiger partial charge in [0.05, 0.1) is 13.2 Å². The monoisotopic (exact) mass is 280 g/mol. The van der Waals surface area contributed by atoms with Gasteiger partial charge in [-0.05, 0) is 45.8 Å². The lowest BCUT2D eigenvalue weighted by molar-refractivity contribution is 0.206. The molecule has 1 aromatic rings. The van der Waals surface area contributed by atoms with Crippen LogP contribution in [0, 0.1) is 0 Å². The molecule has 0 saturated carbocycles. The minimum atomic E-state index is 0.0224. The Bertz CT molecular complexity index is 382. The molecule has 0 bridgehead atoms. The van der Waals surface area contributed by atoms with Crippen molar-refractivity contribution in [2.45, 2.75) is 38.3 Å². The second-order valence-corrected chi connectivity index (χ2v) is 5.31. The third-order valence-electron chi connectivity index (χ3n) is 3.60. The Balaban J connectivity index is 2.77. The molecule has 0 aliphatic heterocycles. The molecule has 4 heteroatoms. The standard InChI is InChI=1S/C16H28N2O2/c1-13(17)16(18(2)11-7-4-8-12-19)14-9-5-6-10-15(14)20-3/h5-6,9-10,13,16,19H,4,7-8,11-12,17H2,1-3H3. The Morgan fingerprint density at radius 1 is 1.25 bits per heavy atom. The number of benzene rings is 1. The summed E-state index contributed by atoms with van der Waals surface area (Å²) in [6.07, 6.45) is 2.97. The van der Waals surface area contributed by atoms with Gasteiger partial charge in [0.1, 0.15) is 5.75 Å². The molecule has 114 valence electrons. The van der Waals surface area contributed by atoms with Gasteiger partial charge in [-0.1, -0.05) is 18.2 Å². The first-order chi connectivity index (χ1) is 9.61. The van der Waals surface area contributed by atoms with Gasteiger partial charge in [0, 0.05) is 18.2 Å². The molecule has 3 N–H and O–H groups in total. The summed E-state index contributed by atoms with van der Waals surface area (Å²) >= 11 is 0. The summed E-state index contributed by atoms with van der Waals surface area (Å²) in [4.78, 5) is 2.28. The van der Waals surface area contributed by atoms with Gasteiger partial charge in [-0.3, -0.25) is 4.90 Å². The first-order valence-corrected chi connectivity index (χ1v) is 7.31. The quantitative estimate of drug-likeness (QED) is 0.681. The van der Waals surface area contributed by atoms with E-state index in [1.165, 1.54) is 0 Å². The van der Waals surface area contributed by atoms with Crippen molar-refractivity contribution in [2.24, 2.45) is 5.73 Å². The molecule has 2 unspecified atom stereocenters. The molecular weight excluding hydrogens is 252 g/mol. The lowest BCUT2D eigenvalue weighted by Gasteiger charge is -2.32. The van der Waals surface area contributed by atoms with Crippen LogP contribution in [0.25, 0.3) is 0 Å². The van der Waals surface area contributed by atoms with Crippen molar-refractivity contribution in [3.63, 3.8) is 0 Å². The van der Waals surface area contributed by atoms with E-state index in [9.17, 15) is 0 Å². The molecule has 0 fully saturated rings. The summed E-state index contributed by atoms with van der Waals surface area (Å²) in [5.41, 5.74) is 7.32. The zero-order valence-electron chi connectivity index (χ0n) is 12.9. The maximum Gasteiger partial charge on any atom is 0.123 e. The molecular formula is C16H28N2O2. The number of hydrogen-bond acceptors (Lipinski definition) is 4. The number of methoxy groups -OCH3 is 1. The van der Waals surface area contributed by atoms with E-state index in [1.54, 1.807) is 7.11 Å². The molecule has 4 nitrogen and oxygen atoms in total. The van der Waals surface area contributed by atoms with Crippen LogP contribution in [0.4, 0.5) is 0 Å². The zero-order chi connectivity index (χ0) is 15.0. The molecule has 20 heavy (non-hydrogen) atoms. The smallest absolute Gasteiger partial charge is 0.123 e. The number of aliphatic hydroxyl groups is 1. The number of aliphatic hydroxyl groups excluding tert-OH is 1. The highest BCUT2D eigenvalue weighted by atomic mass is 16.5. The second-order valence-electron chi connectivity index (χ2n) is 5.31. The topological polar surface area (TPSA) is 58.7 Å². The first kappa shape index (κ1) is 17.0. The Morgan fingerprint density at radius 2 is 1.95 bits per heavy atom. The summed E-state index contributed by atoms with van der Waals surface area (Å²) in [6.45, 7) is 3.26. The average molecular weight is 280 g/mol. The van der Waals surface area contributed by atoms with Crippen LogP contribution in [0.3, 0.4) is 0 Å². The number of nitrogens with two attached hydrogens (primary N) is 1. The van der Waals surface area contributed by atoms with Gasteiger partial charge >= 0.3 is 0 Å². The highest BCUT2D eigenvalue weighted by molar-refractivity contribution is 5.36. The summed E-state index contributed by atoms with van der Waals surface area (Å²) in [5.74, 6) is 0.886. The van der Waals surface area contributed by atoms with Gasteiger partial charge in [-0.25, -0.2) is 0 Å². The summed E-state index contributed by atoms with van der Waals surface area (Å²) < 4.78 is 5.45. The van der Waals surface area contributed by atoms with Crippen LogP contribution < -0.4 is 10.5 Å². The molecule has 0 aliphatic rings. The number of ether oxygens (including phenoxy) is 1. The Hall–Kier alpha value is -1.10. The van der Waals surface area contributed by atoms with E-state index in [1.807, 2.05) is 25.1 Å². The van der Waals surface area contributed by atoms with Crippen LogP contribution in [0.2, 0.25) is 0 Å². The Labute approximate surface area is 122 Å². The highest BCUT2D eigenvalue weighted by Crippen LogP contribution is 2.30. The predicted molar refractivity (Wildman–Crippen MR) is 83.0 cm³/mol. The lowest BCUT2D eigenvalue weighted by Crippen LogP contribution is -2.38. The summed E-state index contributed by atoms with van der Waals surface area (Å²) in [7, 11) is 3.79. The normalized spacial score (nSPS) is 14.3. The molecule has 1 aromatic carbocycles. The summed E-state index contributed by atoms with van der Waals surface area (Å²) in [6, 6.07) is 8.21. The largest absolute Gasteiger partial charge is 0.496 e. The SMILES string of the molecule is COc1ccccc1C(C(C)N)N(C)CCCCCO. The van der Waals surface area contributed by atoms with E-state index in [0.29, 0.717) is 0 Å². The van der Waals surface area contributed by atoms with Gasteiger partial charge in [0.2, 0.25) is 0 Å². The Morgan fingerprint density at radius 3 is 2.55 bits per heavy atom. The molecule has 0 heterocycles. The maximum atomic E-state index is 8.83. The molecule has 2 atom stereocenters. The molecule has 1 rings (SSSR count). The van der Waals surface area contributed by atoms with E-state index in [-0.39, 0.29) is 18.7 Å². The van der Waals surface area contributed by atoms with E-state index in [2.05, 4.69) is 18.0 Å². The minimum Gasteiger partial charge on any atom is -0.496 e. The van der Waals surface area contributed by atoms with E-state index >= 15 is 0 Å². The van der Waals surface area contributed by atoms with Gasteiger partial charge in [0.25, 0.3) is 0 Å². The van der Waals surface area contributed by atoms with Crippen molar-refractivity contribution < 1.29 is 9.84 Å². The van der Waals surface area contributed by atoms with Crippen LogP contribution in [0.15, 0.2) is 24.3 Å². The number of para-hydroxylation sites is 1. The predicted octanol–water partition coefficient (Wildman–Crippen LogP) is 2.18. The van der Waals surface area contributed by atoms with Crippen LogP contribution in [-0.4, -0.2) is 43.4 Å². The van der Waals surface area contributed by atoms with Crippen molar-refractivity contribution >= 4 is 0 Å². The van der Waals surface area contributed by atoms with Crippen LogP contribution in [-0.2, 0) is 0 Å².